The zero-order valence-electron chi connectivity index (χ0n) is 24.8. The fraction of sp³-hybridized carbons (Fsp3) is 0.122. The summed E-state index contributed by atoms with van der Waals surface area (Å²) in [5, 5.41) is 21.2. The topological polar surface area (TPSA) is 58.9 Å². The molecule has 6 aromatic carbocycles. The van der Waals surface area contributed by atoms with Crippen LogP contribution >= 0.6 is 0 Å². The standard InChI is InChI=1S/C41H32O4/c42-38-20-18-32(36-24-28-6-1-3-8-34(28)40(36)38)26-10-14-30(15-11-26)44-22-5-23-45-31-16-12-27(13-17-31)33-19-21-39(43)41-35-9-4-2-7-29(35)25-37(33)41/h1-4,6-21,42-43H,5,22-25H2. The fourth-order valence-corrected chi connectivity index (χ4v) is 6.90. The summed E-state index contributed by atoms with van der Waals surface area (Å²) in [4.78, 5) is 0. The summed E-state index contributed by atoms with van der Waals surface area (Å²) in [6, 6.07) is 40.6. The number of phenolic OH excluding ortho intramolecular Hbond substituents is 2. The molecular weight excluding hydrogens is 556 g/mol. The number of phenols is 2. The highest BCUT2D eigenvalue weighted by molar-refractivity contribution is 5.89. The first-order valence-electron chi connectivity index (χ1n) is 15.5. The largest absolute Gasteiger partial charge is 0.507 e. The molecule has 0 radical (unpaired) electrons. The Bertz CT molecular complexity index is 1890. The minimum atomic E-state index is 0.337. The Balaban J connectivity index is 0.865. The van der Waals surface area contributed by atoms with E-state index in [1.807, 2.05) is 48.5 Å². The lowest BCUT2D eigenvalue weighted by atomic mass is 9.95. The van der Waals surface area contributed by atoms with E-state index in [4.69, 9.17) is 9.47 Å². The molecule has 220 valence electrons. The van der Waals surface area contributed by atoms with Crippen LogP contribution in [0, 0.1) is 0 Å². The summed E-state index contributed by atoms with van der Waals surface area (Å²) >= 11 is 0. The third-order valence-corrected chi connectivity index (χ3v) is 9.05. The maximum absolute atomic E-state index is 10.6. The molecule has 0 spiro atoms. The molecule has 6 aromatic rings. The van der Waals surface area contributed by atoms with Gasteiger partial charge in [-0.1, -0.05) is 84.9 Å². The van der Waals surface area contributed by atoms with Crippen LogP contribution in [0.25, 0.3) is 44.5 Å². The van der Waals surface area contributed by atoms with Crippen LogP contribution in [0.3, 0.4) is 0 Å². The van der Waals surface area contributed by atoms with Crippen molar-refractivity contribution in [3.63, 3.8) is 0 Å². The van der Waals surface area contributed by atoms with Crippen LogP contribution in [0.5, 0.6) is 23.0 Å². The van der Waals surface area contributed by atoms with Gasteiger partial charge in [-0.15, -0.1) is 0 Å². The SMILES string of the molecule is Oc1ccc(-c2ccc(OCCCOc3ccc(-c4ccc(O)c5c4Cc4ccccc4-5)cc3)cc2)c2c1-c1ccccc1C2. The summed E-state index contributed by atoms with van der Waals surface area (Å²) in [6.07, 6.45) is 2.41. The van der Waals surface area contributed by atoms with Crippen LogP contribution in [0.4, 0.5) is 0 Å². The van der Waals surface area contributed by atoms with Gasteiger partial charge < -0.3 is 19.7 Å². The molecule has 2 aliphatic carbocycles. The molecule has 0 unspecified atom stereocenters. The van der Waals surface area contributed by atoms with Gasteiger partial charge >= 0.3 is 0 Å². The van der Waals surface area contributed by atoms with Crippen molar-refractivity contribution < 1.29 is 19.7 Å². The molecule has 4 nitrogen and oxygen atoms in total. The van der Waals surface area contributed by atoms with Crippen LogP contribution in [0.2, 0.25) is 0 Å². The van der Waals surface area contributed by atoms with E-state index in [-0.39, 0.29) is 0 Å². The lowest BCUT2D eigenvalue weighted by Gasteiger charge is -2.13. The van der Waals surface area contributed by atoms with Crippen LogP contribution in [0.15, 0.2) is 121 Å². The highest BCUT2D eigenvalue weighted by atomic mass is 16.5. The Labute approximate surface area is 262 Å². The predicted octanol–water partition coefficient (Wildman–Crippen LogP) is 9.42. The van der Waals surface area contributed by atoms with Crippen LogP contribution in [-0.4, -0.2) is 23.4 Å². The molecule has 0 heterocycles. The lowest BCUT2D eigenvalue weighted by Crippen LogP contribution is -2.05. The molecule has 0 bridgehead atoms. The molecule has 4 heteroatoms. The molecule has 0 atom stereocenters. The van der Waals surface area contributed by atoms with Crippen LogP contribution in [-0.2, 0) is 12.8 Å². The fourth-order valence-electron chi connectivity index (χ4n) is 6.90. The van der Waals surface area contributed by atoms with Gasteiger partial charge in [-0.05, 0) is 105 Å². The third-order valence-electron chi connectivity index (χ3n) is 9.05. The zero-order chi connectivity index (χ0) is 30.3. The average molecular weight is 589 g/mol. The van der Waals surface area contributed by atoms with Crippen LogP contribution in [0.1, 0.15) is 28.7 Å². The van der Waals surface area contributed by atoms with Crippen molar-refractivity contribution in [3.05, 3.63) is 144 Å². The second kappa shape index (κ2) is 11.2. The highest BCUT2D eigenvalue weighted by Gasteiger charge is 2.25. The van der Waals surface area contributed by atoms with Crippen molar-refractivity contribution in [3.8, 4) is 67.5 Å². The van der Waals surface area contributed by atoms with E-state index in [9.17, 15) is 10.2 Å². The monoisotopic (exact) mass is 588 g/mol. The van der Waals surface area contributed by atoms with Crippen LogP contribution < -0.4 is 9.47 Å². The minimum absolute atomic E-state index is 0.337. The van der Waals surface area contributed by atoms with Crippen molar-refractivity contribution >= 4 is 0 Å². The molecule has 0 saturated carbocycles. The number of aromatic hydroxyl groups is 2. The first kappa shape index (κ1) is 27.1. The van der Waals surface area contributed by atoms with E-state index in [1.165, 1.54) is 22.3 Å². The van der Waals surface area contributed by atoms with Gasteiger partial charge in [-0.2, -0.15) is 0 Å². The number of hydrogen-bond donors (Lipinski definition) is 2. The van der Waals surface area contributed by atoms with Crippen molar-refractivity contribution in [2.24, 2.45) is 0 Å². The minimum Gasteiger partial charge on any atom is -0.507 e. The van der Waals surface area contributed by atoms with Gasteiger partial charge in [-0.25, -0.2) is 0 Å². The van der Waals surface area contributed by atoms with E-state index in [0.29, 0.717) is 24.7 Å². The molecule has 0 aromatic heterocycles. The van der Waals surface area contributed by atoms with Crippen molar-refractivity contribution in [1.29, 1.82) is 0 Å². The Morgan fingerprint density at radius 3 is 1.31 bits per heavy atom. The Morgan fingerprint density at radius 1 is 0.444 bits per heavy atom. The normalized spacial score (nSPS) is 12.3. The van der Waals surface area contributed by atoms with Gasteiger partial charge in [0, 0.05) is 17.5 Å². The van der Waals surface area contributed by atoms with Gasteiger partial charge in [0.15, 0.2) is 0 Å². The van der Waals surface area contributed by atoms with Gasteiger partial charge in [0.25, 0.3) is 0 Å². The molecule has 0 fully saturated rings. The average Bonchev–Trinajstić information content (AvgIpc) is 3.66. The molecule has 2 N–H and O–H groups in total. The molecule has 8 rings (SSSR count). The highest BCUT2D eigenvalue weighted by Crippen LogP contribution is 2.47. The van der Waals surface area contributed by atoms with Crippen molar-refractivity contribution in [2.75, 3.05) is 13.2 Å². The summed E-state index contributed by atoms with van der Waals surface area (Å²) in [7, 11) is 0. The lowest BCUT2D eigenvalue weighted by molar-refractivity contribution is 0.247. The summed E-state index contributed by atoms with van der Waals surface area (Å²) in [6.45, 7) is 1.11. The Morgan fingerprint density at radius 2 is 0.867 bits per heavy atom. The second-order valence-corrected chi connectivity index (χ2v) is 11.7. The summed E-state index contributed by atoms with van der Waals surface area (Å²) in [5.74, 6) is 2.32. The van der Waals surface area contributed by atoms with E-state index >= 15 is 0 Å². The summed E-state index contributed by atoms with van der Waals surface area (Å²) < 4.78 is 12.0. The molecule has 45 heavy (non-hydrogen) atoms. The number of hydrogen-bond acceptors (Lipinski definition) is 4. The van der Waals surface area contributed by atoms with Gasteiger partial charge in [0.2, 0.25) is 0 Å². The van der Waals surface area contributed by atoms with E-state index < -0.39 is 0 Å². The van der Waals surface area contributed by atoms with Gasteiger partial charge in [0.1, 0.15) is 23.0 Å². The third kappa shape index (κ3) is 4.89. The second-order valence-electron chi connectivity index (χ2n) is 11.7. The number of fused-ring (bicyclic) bond motifs is 6. The maximum Gasteiger partial charge on any atom is 0.123 e. The molecule has 2 aliphatic rings. The van der Waals surface area contributed by atoms with Gasteiger partial charge in [0.05, 0.1) is 13.2 Å². The van der Waals surface area contributed by atoms with Crippen molar-refractivity contribution in [1.82, 2.24) is 0 Å². The predicted molar refractivity (Wildman–Crippen MR) is 179 cm³/mol. The van der Waals surface area contributed by atoms with E-state index in [0.717, 1.165) is 75.3 Å². The van der Waals surface area contributed by atoms with E-state index in [2.05, 4.69) is 60.7 Å². The molecule has 0 saturated heterocycles. The first-order chi connectivity index (χ1) is 22.1. The number of benzene rings is 6. The van der Waals surface area contributed by atoms with Crippen molar-refractivity contribution in [2.45, 2.75) is 19.3 Å². The number of ether oxygens (including phenoxy) is 2. The van der Waals surface area contributed by atoms with E-state index in [1.54, 1.807) is 12.1 Å². The zero-order valence-corrected chi connectivity index (χ0v) is 24.8. The molecular formula is C41H32O4. The Hall–Kier alpha value is -5.48. The smallest absolute Gasteiger partial charge is 0.123 e. The first-order valence-corrected chi connectivity index (χ1v) is 15.5. The van der Waals surface area contributed by atoms with Gasteiger partial charge in [-0.3, -0.25) is 0 Å². The molecule has 0 aliphatic heterocycles. The summed E-state index contributed by atoms with van der Waals surface area (Å²) in [5.41, 5.74) is 13.5. The maximum atomic E-state index is 10.6. The number of rotatable bonds is 8. The molecule has 0 amide bonds. The quantitative estimate of drug-likeness (QED) is 0.174. The Kier molecular flexibility index (Phi) is 6.76.